The highest BCUT2D eigenvalue weighted by Crippen LogP contribution is 2.23. The molecule has 1 N–H and O–H groups in total. The molecule has 4 rings (SSSR count). The van der Waals surface area contributed by atoms with E-state index >= 15 is 0 Å². The Labute approximate surface area is 187 Å². The minimum absolute atomic E-state index is 0.210. The zero-order valence-electron chi connectivity index (χ0n) is 19.3. The van der Waals surface area contributed by atoms with Crippen LogP contribution >= 0.6 is 0 Å². The van der Waals surface area contributed by atoms with Gasteiger partial charge in [-0.1, -0.05) is 18.2 Å². The van der Waals surface area contributed by atoms with Crippen molar-refractivity contribution in [2.75, 3.05) is 7.05 Å². The van der Waals surface area contributed by atoms with Gasteiger partial charge in [-0.15, -0.1) is 5.10 Å². The van der Waals surface area contributed by atoms with Crippen LogP contribution in [0.4, 0.5) is 0 Å². The molecule has 4 heterocycles. The molecule has 1 unspecified atom stereocenters. The number of hydrogen-bond donors (Lipinski definition) is 1. The zero-order valence-corrected chi connectivity index (χ0v) is 19.3. The smallest absolute Gasteiger partial charge is 0.258 e. The van der Waals surface area contributed by atoms with Crippen LogP contribution in [0, 0.1) is 13.8 Å². The van der Waals surface area contributed by atoms with Crippen molar-refractivity contribution in [3.8, 4) is 16.9 Å². The molecular weight excluding hydrogens is 404 g/mol. The number of rotatable bonds is 5. The third kappa shape index (κ3) is 3.93. The van der Waals surface area contributed by atoms with Crippen LogP contribution in [0.1, 0.15) is 42.0 Å². The SMILES string of the molecule is CCC1=CC(C)N(C)C(NC(=O)c2cnc(C)c(-n3cc(-c4cnn(C)c4C)nn3)c2)=C1. The predicted molar refractivity (Wildman–Crippen MR) is 122 cm³/mol. The fraction of sp³-hybridized carbons (Fsp3) is 0.348. The highest BCUT2D eigenvalue weighted by atomic mass is 16.1. The average Bonchev–Trinajstić information content (AvgIpc) is 3.38. The van der Waals surface area contributed by atoms with Crippen LogP contribution in [0.2, 0.25) is 0 Å². The van der Waals surface area contributed by atoms with Crippen LogP contribution in [0.25, 0.3) is 16.9 Å². The third-order valence-electron chi connectivity index (χ3n) is 5.99. The number of likely N-dealkylation sites (N-methyl/N-ethyl adjacent to an activating group) is 1. The number of pyridine rings is 1. The highest BCUT2D eigenvalue weighted by molar-refractivity contribution is 5.95. The van der Waals surface area contributed by atoms with Gasteiger partial charge in [0, 0.05) is 37.6 Å². The molecule has 166 valence electrons. The lowest BCUT2D eigenvalue weighted by molar-refractivity contribution is 0.0951. The van der Waals surface area contributed by atoms with Gasteiger partial charge in [0.2, 0.25) is 0 Å². The maximum absolute atomic E-state index is 13.0. The van der Waals surface area contributed by atoms with Crippen molar-refractivity contribution in [1.82, 2.24) is 40.0 Å². The van der Waals surface area contributed by atoms with Crippen LogP contribution in [0.15, 0.2) is 48.2 Å². The second-order valence-electron chi connectivity index (χ2n) is 8.07. The summed E-state index contributed by atoms with van der Waals surface area (Å²) < 4.78 is 3.44. The molecule has 0 aliphatic carbocycles. The molecule has 9 nitrogen and oxygen atoms in total. The molecule has 1 atom stereocenters. The average molecular weight is 433 g/mol. The van der Waals surface area contributed by atoms with Gasteiger partial charge in [0.25, 0.3) is 5.91 Å². The standard InChI is InChI=1S/C23H28N8O/c1-7-17-8-14(2)29(5)22(9-17)26-23(32)18-10-21(15(3)24-11-18)31-13-20(27-28-31)19-12-25-30(6)16(19)4/h8-14H,7H2,1-6H3,(H,26,32). The van der Waals surface area contributed by atoms with Crippen LogP contribution in [-0.2, 0) is 7.05 Å². The van der Waals surface area contributed by atoms with E-state index in [1.165, 1.54) is 5.57 Å². The fourth-order valence-corrected chi connectivity index (χ4v) is 3.63. The molecule has 0 fully saturated rings. The lowest BCUT2D eigenvalue weighted by Gasteiger charge is -2.31. The van der Waals surface area contributed by atoms with E-state index in [-0.39, 0.29) is 11.9 Å². The second-order valence-corrected chi connectivity index (χ2v) is 8.07. The van der Waals surface area contributed by atoms with E-state index in [0.29, 0.717) is 16.9 Å². The molecule has 3 aromatic heterocycles. The van der Waals surface area contributed by atoms with Crippen molar-refractivity contribution in [2.45, 2.75) is 40.2 Å². The van der Waals surface area contributed by atoms with Crippen molar-refractivity contribution >= 4 is 5.91 Å². The van der Waals surface area contributed by atoms with E-state index in [4.69, 9.17) is 0 Å². The number of hydrogen-bond acceptors (Lipinski definition) is 6. The number of nitrogens with one attached hydrogen (secondary N) is 1. The molecule has 1 amide bonds. The van der Waals surface area contributed by atoms with Gasteiger partial charge in [0.15, 0.2) is 0 Å². The maximum Gasteiger partial charge on any atom is 0.258 e. The normalized spacial score (nSPS) is 16.1. The molecule has 32 heavy (non-hydrogen) atoms. The van der Waals surface area contributed by atoms with E-state index in [1.807, 2.05) is 45.1 Å². The molecule has 0 saturated heterocycles. The van der Waals surface area contributed by atoms with Gasteiger partial charge in [-0.2, -0.15) is 5.10 Å². The van der Waals surface area contributed by atoms with Gasteiger partial charge in [0.05, 0.1) is 29.3 Å². The largest absolute Gasteiger partial charge is 0.355 e. The Kier molecular flexibility index (Phi) is 5.65. The van der Waals surface area contributed by atoms with Gasteiger partial charge >= 0.3 is 0 Å². The highest BCUT2D eigenvalue weighted by Gasteiger charge is 2.20. The lowest BCUT2D eigenvalue weighted by Crippen LogP contribution is -2.39. The van der Waals surface area contributed by atoms with Crippen molar-refractivity contribution in [1.29, 1.82) is 0 Å². The van der Waals surface area contributed by atoms with Gasteiger partial charge in [0.1, 0.15) is 11.5 Å². The number of carbonyl (C=O) groups is 1. The summed E-state index contributed by atoms with van der Waals surface area (Å²) in [6, 6.07) is 2.00. The van der Waals surface area contributed by atoms with Crippen LogP contribution in [0.3, 0.4) is 0 Å². The summed E-state index contributed by atoms with van der Waals surface area (Å²) in [4.78, 5) is 19.5. The molecule has 1 aliphatic heterocycles. The predicted octanol–water partition coefficient (Wildman–Crippen LogP) is 2.92. The first-order valence-corrected chi connectivity index (χ1v) is 10.6. The fourth-order valence-electron chi connectivity index (χ4n) is 3.63. The minimum atomic E-state index is -0.218. The first-order chi connectivity index (χ1) is 15.3. The molecule has 9 heteroatoms. The Balaban J connectivity index is 1.61. The first-order valence-electron chi connectivity index (χ1n) is 10.6. The molecule has 0 saturated carbocycles. The molecule has 0 bridgehead atoms. The van der Waals surface area contributed by atoms with Crippen LogP contribution < -0.4 is 5.32 Å². The van der Waals surface area contributed by atoms with Crippen molar-refractivity contribution in [2.24, 2.45) is 7.05 Å². The molecule has 3 aromatic rings. The number of aryl methyl sites for hydroxylation is 2. The quantitative estimate of drug-likeness (QED) is 0.666. The maximum atomic E-state index is 13.0. The minimum Gasteiger partial charge on any atom is -0.355 e. The Morgan fingerprint density at radius 1 is 1.22 bits per heavy atom. The van der Waals surface area contributed by atoms with Gasteiger partial charge < -0.3 is 10.2 Å². The molecular formula is C23H28N8O. The Morgan fingerprint density at radius 3 is 2.69 bits per heavy atom. The summed E-state index contributed by atoms with van der Waals surface area (Å²) in [5.41, 5.74) is 5.74. The van der Waals surface area contributed by atoms with E-state index < -0.39 is 0 Å². The van der Waals surface area contributed by atoms with E-state index in [2.05, 4.69) is 45.6 Å². The molecule has 0 aromatic carbocycles. The number of nitrogens with zero attached hydrogens (tertiary/aromatic N) is 7. The number of amides is 1. The van der Waals surface area contributed by atoms with E-state index in [1.54, 1.807) is 27.8 Å². The number of allylic oxidation sites excluding steroid dienone is 2. The zero-order chi connectivity index (χ0) is 23.0. The van der Waals surface area contributed by atoms with Gasteiger partial charge in [-0.25, -0.2) is 4.68 Å². The monoisotopic (exact) mass is 432 g/mol. The van der Waals surface area contributed by atoms with Crippen molar-refractivity contribution < 1.29 is 4.79 Å². The molecule has 1 aliphatic rings. The molecule has 0 radical (unpaired) electrons. The van der Waals surface area contributed by atoms with Crippen molar-refractivity contribution in [3.63, 3.8) is 0 Å². The topological polar surface area (TPSA) is 93.8 Å². The third-order valence-corrected chi connectivity index (χ3v) is 5.99. The summed E-state index contributed by atoms with van der Waals surface area (Å²) in [7, 11) is 3.86. The number of carbonyl (C=O) groups excluding carboxylic acids is 1. The summed E-state index contributed by atoms with van der Waals surface area (Å²) in [6.45, 7) is 8.07. The van der Waals surface area contributed by atoms with Crippen LogP contribution in [0.5, 0.6) is 0 Å². The van der Waals surface area contributed by atoms with E-state index in [0.717, 1.165) is 29.2 Å². The Hall–Kier alpha value is -3.75. The van der Waals surface area contributed by atoms with E-state index in [9.17, 15) is 4.79 Å². The number of aromatic nitrogens is 6. The summed E-state index contributed by atoms with van der Waals surface area (Å²) in [5, 5.41) is 15.9. The van der Waals surface area contributed by atoms with Gasteiger partial charge in [-0.05, 0) is 44.9 Å². The van der Waals surface area contributed by atoms with Gasteiger partial charge in [-0.3, -0.25) is 14.5 Å². The second kappa shape index (κ2) is 8.41. The summed E-state index contributed by atoms with van der Waals surface area (Å²) >= 11 is 0. The Bertz CT molecular complexity index is 1230. The van der Waals surface area contributed by atoms with Crippen molar-refractivity contribution in [3.05, 3.63) is 65.2 Å². The Morgan fingerprint density at radius 2 is 2.00 bits per heavy atom. The first kappa shape index (κ1) is 21.5. The summed E-state index contributed by atoms with van der Waals surface area (Å²) in [6.07, 6.45) is 10.3. The lowest BCUT2D eigenvalue weighted by atomic mass is 10.1. The van der Waals surface area contributed by atoms with Crippen LogP contribution in [-0.4, -0.2) is 53.7 Å². The molecule has 0 spiro atoms. The summed E-state index contributed by atoms with van der Waals surface area (Å²) in [5.74, 6) is 0.559.